The van der Waals surface area contributed by atoms with Crippen LogP contribution in [0, 0.1) is 0 Å². The standard InChI is InChI=1S/C24H26N8O2/c1-34-18-7-19(20-10-26-28-21(20)8-18)22-14-32(30-29-22)13-17-12-31-11-16(3-4-23(31)27-17)9-25-15-24(33)5-2-6-24/h3-4,7-8,10-12,14,25,33H,2,5-6,9,13,15H2,1H3,(H,26,28). The number of H-pyrrole nitrogens is 1. The van der Waals surface area contributed by atoms with Crippen molar-refractivity contribution < 1.29 is 9.84 Å². The Morgan fingerprint density at radius 3 is 2.94 bits per heavy atom. The van der Waals surface area contributed by atoms with Crippen LogP contribution in [0.3, 0.4) is 0 Å². The molecule has 0 spiro atoms. The Morgan fingerprint density at radius 2 is 2.12 bits per heavy atom. The average Bonchev–Trinajstić information content (AvgIpc) is 3.56. The quantitative estimate of drug-likeness (QED) is 0.327. The van der Waals surface area contributed by atoms with E-state index in [1.807, 2.05) is 35.0 Å². The van der Waals surface area contributed by atoms with Gasteiger partial charge in [-0.3, -0.25) is 5.10 Å². The number of aromatic amines is 1. The third kappa shape index (κ3) is 3.91. The molecule has 0 unspecified atom stereocenters. The molecule has 0 atom stereocenters. The monoisotopic (exact) mass is 458 g/mol. The van der Waals surface area contributed by atoms with Gasteiger partial charge in [0.25, 0.3) is 0 Å². The molecule has 0 saturated heterocycles. The van der Waals surface area contributed by atoms with Crippen molar-refractivity contribution in [3.05, 3.63) is 60.3 Å². The number of hydrogen-bond donors (Lipinski definition) is 3. The molecule has 1 fully saturated rings. The number of aliphatic hydroxyl groups is 1. The Balaban J connectivity index is 1.18. The number of rotatable bonds is 8. The summed E-state index contributed by atoms with van der Waals surface area (Å²) in [7, 11) is 1.64. The van der Waals surface area contributed by atoms with Crippen LogP contribution in [0.25, 0.3) is 27.8 Å². The number of fused-ring (bicyclic) bond motifs is 2. The van der Waals surface area contributed by atoms with Gasteiger partial charge in [-0.05, 0) is 37.0 Å². The van der Waals surface area contributed by atoms with Gasteiger partial charge in [0.15, 0.2) is 0 Å². The van der Waals surface area contributed by atoms with E-state index in [0.717, 1.165) is 64.1 Å². The number of pyridine rings is 1. The van der Waals surface area contributed by atoms with Gasteiger partial charge in [0.2, 0.25) is 0 Å². The number of methoxy groups -OCH3 is 1. The predicted molar refractivity (Wildman–Crippen MR) is 126 cm³/mol. The summed E-state index contributed by atoms with van der Waals surface area (Å²) in [4.78, 5) is 4.72. The smallest absolute Gasteiger partial charge is 0.137 e. The Hall–Kier alpha value is -3.76. The zero-order chi connectivity index (χ0) is 23.1. The van der Waals surface area contributed by atoms with Crippen molar-refractivity contribution in [2.24, 2.45) is 0 Å². The summed E-state index contributed by atoms with van der Waals surface area (Å²) in [6, 6.07) is 7.93. The largest absolute Gasteiger partial charge is 0.497 e. The summed E-state index contributed by atoms with van der Waals surface area (Å²) in [5, 5.41) is 30.4. The average molecular weight is 459 g/mol. The van der Waals surface area contributed by atoms with E-state index in [2.05, 4.69) is 38.1 Å². The lowest BCUT2D eigenvalue weighted by molar-refractivity contribution is -0.0314. The van der Waals surface area contributed by atoms with Crippen molar-refractivity contribution in [1.29, 1.82) is 0 Å². The second-order valence-electron chi connectivity index (χ2n) is 9.02. The predicted octanol–water partition coefficient (Wildman–Crippen LogP) is 2.53. The van der Waals surface area contributed by atoms with Crippen LogP contribution in [0.4, 0.5) is 0 Å². The van der Waals surface area contributed by atoms with E-state index in [-0.39, 0.29) is 0 Å². The maximum Gasteiger partial charge on any atom is 0.137 e. The van der Waals surface area contributed by atoms with Crippen LogP contribution in [0.5, 0.6) is 5.75 Å². The van der Waals surface area contributed by atoms with Crippen LogP contribution in [0.2, 0.25) is 0 Å². The van der Waals surface area contributed by atoms with Gasteiger partial charge in [-0.2, -0.15) is 5.10 Å². The molecule has 0 radical (unpaired) electrons. The maximum absolute atomic E-state index is 10.2. The van der Waals surface area contributed by atoms with Crippen LogP contribution in [-0.4, -0.2) is 58.9 Å². The molecule has 4 heterocycles. The molecule has 0 aliphatic heterocycles. The molecule has 0 amide bonds. The highest BCUT2D eigenvalue weighted by atomic mass is 16.5. The van der Waals surface area contributed by atoms with Crippen molar-refractivity contribution in [3.8, 4) is 17.0 Å². The van der Waals surface area contributed by atoms with E-state index in [0.29, 0.717) is 19.6 Å². The minimum atomic E-state index is -0.517. The summed E-state index contributed by atoms with van der Waals surface area (Å²) < 4.78 is 9.23. The first kappa shape index (κ1) is 20.8. The van der Waals surface area contributed by atoms with Crippen molar-refractivity contribution in [1.82, 2.24) is 39.9 Å². The number of benzene rings is 1. The molecule has 1 aliphatic rings. The molecule has 3 N–H and O–H groups in total. The Bertz CT molecular complexity index is 1460. The maximum atomic E-state index is 10.2. The minimum absolute atomic E-state index is 0.508. The van der Waals surface area contributed by atoms with Gasteiger partial charge in [0.1, 0.15) is 17.1 Å². The zero-order valence-electron chi connectivity index (χ0n) is 18.9. The number of aromatic nitrogens is 7. The van der Waals surface area contributed by atoms with E-state index in [1.165, 1.54) is 0 Å². The first-order valence-corrected chi connectivity index (χ1v) is 11.4. The molecular weight excluding hydrogens is 432 g/mol. The van der Waals surface area contributed by atoms with Crippen LogP contribution in [0.1, 0.15) is 30.5 Å². The second kappa shape index (κ2) is 8.23. The third-order valence-corrected chi connectivity index (χ3v) is 6.54. The lowest BCUT2D eigenvalue weighted by Gasteiger charge is -2.36. The molecule has 1 saturated carbocycles. The molecule has 4 aromatic heterocycles. The highest BCUT2D eigenvalue weighted by Gasteiger charge is 2.33. The molecule has 1 aliphatic carbocycles. The van der Waals surface area contributed by atoms with Crippen molar-refractivity contribution in [3.63, 3.8) is 0 Å². The minimum Gasteiger partial charge on any atom is -0.497 e. The number of hydrogen-bond acceptors (Lipinski definition) is 7. The molecule has 6 rings (SSSR count). The van der Waals surface area contributed by atoms with Crippen molar-refractivity contribution in [2.45, 2.75) is 38.0 Å². The normalized spacial score (nSPS) is 15.1. The number of nitrogens with one attached hydrogen (secondary N) is 2. The van der Waals surface area contributed by atoms with Gasteiger partial charge in [-0.1, -0.05) is 11.3 Å². The molecule has 0 bridgehead atoms. The van der Waals surface area contributed by atoms with Crippen LogP contribution < -0.4 is 10.1 Å². The zero-order valence-corrected chi connectivity index (χ0v) is 18.9. The van der Waals surface area contributed by atoms with Crippen molar-refractivity contribution in [2.75, 3.05) is 13.7 Å². The van der Waals surface area contributed by atoms with E-state index >= 15 is 0 Å². The molecule has 10 nitrogen and oxygen atoms in total. The van der Waals surface area contributed by atoms with E-state index in [1.54, 1.807) is 18.0 Å². The van der Waals surface area contributed by atoms with Gasteiger partial charge >= 0.3 is 0 Å². The van der Waals surface area contributed by atoms with Gasteiger partial charge in [0.05, 0.1) is 42.9 Å². The van der Waals surface area contributed by atoms with Crippen LogP contribution >= 0.6 is 0 Å². The van der Waals surface area contributed by atoms with Gasteiger partial charge in [-0.15, -0.1) is 5.10 Å². The molecule has 10 heteroatoms. The highest BCUT2D eigenvalue weighted by molar-refractivity contribution is 5.94. The molecule has 174 valence electrons. The molecule has 5 aromatic rings. The van der Waals surface area contributed by atoms with Gasteiger partial charge in [0, 0.05) is 42.5 Å². The van der Waals surface area contributed by atoms with Gasteiger partial charge in [-0.25, -0.2) is 9.67 Å². The fraction of sp³-hybridized carbons (Fsp3) is 0.333. The summed E-state index contributed by atoms with van der Waals surface area (Å²) >= 11 is 0. The van der Waals surface area contributed by atoms with Crippen LogP contribution in [0.15, 0.2) is 49.1 Å². The third-order valence-electron chi connectivity index (χ3n) is 6.54. The first-order valence-electron chi connectivity index (χ1n) is 11.4. The first-order chi connectivity index (χ1) is 16.6. The van der Waals surface area contributed by atoms with E-state index in [9.17, 15) is 5.11 Å². The van der Waals surface area contributed by atoms with Crippen molar-refractivity contribution >= 4 is 16.6 Å². The Labute approximate surface area is 195 Å². The SMILES string of the molecule is COc1cc(-c2cn(Cc3cn4cc(CNCC5(O)CCC5)ccc4n3)nn2)c2cn[nH]c2c1. The number of imidazole rings is 1. The second-order valence-corrected chi connectivity index (χ2v) is 9.02. The van der Waals surface area contributed by atoms with Gasteiger partial charge < -0.3 is 19.6 Å². The fourth-order valence-electron chi connectivity index (χ4n) is 4.49. The van der Waals surface area contributed by atoms with Crippen LogP contribution in [-0.2, 0) is 13.1 Å². The van der Waals surface area contributed by atoms with E-state index in [4.69, 9.17) is 9.72 Å². The number of ether oxygens (including phenoxy) is 1. The molecule has 34 heavy (non-hydrogen) atoms. The lowest BCUT2D eigenvalue weighted by atomic mass is 9.80. The molecular formula is C24H26N8O2. The van der Waals surface area contributed by atoms with E-state index < -0.39 is 5.60 Å². The number of nitrogens with zero attached hydrogens (tertiary/aromatic N) is 6. The topological polar surface area (TPSA) is 118 Å². The fourth-order valence-corrected chi connectivity index (χ4v) is 4.49. The Kier molecular flexibility index (Phi) is 5.04. The highest BCUT2D eigenvalue weighted by Crippen LogP contribution is 2.31. The summed E-state index contributed by atoms with van der Waals surface area (Å²) in [5.74, 6) is 0.730. The summed E-state index contributed by atoms with van der Waals surface area (Å²) in [6.07, 6.45) is 10.7. The molecule has 1 aromatic carbocycles. The Morgan fingerprint density at radius 1 is 1.21 bits per heavy atom. The lowest BCUT2D eigenvalue weighted by Crippen LogP contribution is -2.45. The summed E-state index contributed by atoms with van der Waals surface area (Å²) in [6.45, 7) is 1.85. The summed E-state index contributed by atoms with van der Waals surface area (Å²) in [5.41, 5.74) is 4.94.